The third-order valence-electron chi connectivity index (χ3n) is 5.98. The van der Waals surface area contributed by atoms with E-state index in [1.165, 1.54) is 5.56 Å². The minimum atomic E-state index is -0.705. The summed E-state index contributed by atoms with van der Waals surface area (Å²) in [4.78, 5) is 30.7. The lowest BCUT2D eigenvalue weighted by atomic mass is 9.95. The summed E-state index contributed by atoms with van der Waals surface area (Å²) in [6, 6.07) is 22.8. The van der Waals surface area contributed by atoms with Gasteiger partial charge in [-0.05, 0) is 54.2 Å². The molecule has 158 valence electrons. The van der Waals surface area contributed by atoms with Crippen LogP contribution in [0.3, 0.4) is 0 Å². The van der Waals surface area contributed by atoms with Gasteiger partial charge in [0, 0.05) is 5.69 Å². The van der Waals surface area contributed by atoms with Gasteiger partial charge in [0.05, 0.1) is 5.69 Å². The lowest BCUT2D eigenvalue weighted by molar-refractivity contribution is -0.128. The van der Waals surface area contributed by atoms with Gasteiger partial charge in [-0.15, -0.1) is 0 Å². The van der Waals surface area contributed by atoms with Crippen LogP contribution in [0.25, 0.3) is 0 Å². The Hall–Kier alpha value is -3.40. The Morgan fingerprint density at radius 2 is 1.42 bits per heavy atom. The highest BCUT2D eigenvalue weighted by Gasteiger charge is 2.42. The van der Waals surface area contributed by atoms with Gasteiger partial charge in [0.1, 0.15) is 12.6 Å². The smallest absolute Gasteiger partial charge is 0.255 e. The molecule has 4 rings (SSSR count). The summed E-state index contributed by atoms with van der Waals surface area (Å²) in [6.07, 6.45) is 0. The number of aryl methyl sites for hydroxylation is 2. The van der Waals surface area contributed by atoms with E-state index >= 15 is 0 Å². The van der Waals surface area contributed by atoms with Crippen LogP contribution in [-0.4, -0.2) is 18.4 Å². The van der Waals surface area contributed by atoms with E-state index in [1.807, 2.05) is 74.5 Å². The standard InChI is InChI=1S/C27H28N2O2/c1-18(2)21-13-15-22(16-14-21)26-27(31)28(25-19(3)9-8-10-20(25)4)17-24(30)29(26)23-11-6-5-7-12-23/h5-16,18,26H,17H2,1-4H3/t26-/m0/s1. The van der Waals surface area contributed by atoms with Gasteiger partial charge in [0.25, 0.3) is 5.91 Å². The number of piperazine rings is 1. The second-order valence-electron chi connectivity index (χ2n) is 8.49. The predicted octanol–water partition coefficient (Wildman–Crippen LogP) is 5.55. The fourth-order valence-electron chi connectivity index (χ4n) is 4.35. The van der Waals surface area contributed by atoms with Crippen molar-refractivity contribution >= 4 is 23.2 Å². The lowest BCUT2D eigenvalue weighted by Crippen LogP contribution is -2.56. The molecule has 0 radical (unpaired) electrons. The Morgan fingerprint density at radius 3 is 2.00 bits per heavy atom. The lowest BCUT2D eigenvalue weighted by Gasteiger charge is -2.41. The first kappa shape index (κ1) is 20.9. The number of carbonyl (C=O) groups excluding carboxylic acids is 2. The number of carbonyl (C=O) groups is 2. The van der Waals surface area contributed by atoms with Gasteiger partial charge in [-0.2, -0.15) is 0 Å². The predicted molar refractivity (Wildman–Crippen MR) is 125 cm³/mol. The molecule has 0 aliphatic carbocycles. The van der Waals surface area contributed by atoms with E-state index in [-0.39, 0.29) is 18.4 Å². The topological polar surface area (TPSA) is 40.6 Å². The maximum absolute atomic E-state index is 13.9. The van der Waals surface area contributed by atoms with Crippen LogP contribution in [0.4, 0.5) is 11.4 Å². The third-order valence-corrected chi connectivity index (χ3v) is 5.98. The quantitative estimate of drug-likeness (QED) is 0.564. The first-order valence-electron chi connectivity index (χ1n) is 10.7. The van der Waals surface area contributed by atoms with Gasteiger partial charge in [0.15, 0.2) is 0 Å². The molecule has 1 fully saturated rings. The largest absolute Gasteiger partial charge is 0.300 e. The minimum Gasteiger partial charge on any atom is -0.300 e. The molecule has 31 heavy (non-hydrogen) atoms. The van der Waals surface area contributed by atoms with Crippen molar-refractivity contribution in [2.45, 2.75) is 39.7 Å². The number of benzene rings is 3. The number of rotatable bonds is 4. The number of hydrogen-bond acceptors (Lipinski definition) is 2. The molecule has 1 heterocycles. The highest BCUT2D eigenvalue weighted by Crippen LogP contribution is 2.36. The summed E-state index contributed by atoms with van der Waals surface area (Å²) in [5.41, 5.74) is 5.57. The number of amides is 2. The Kier molecular flexibility index (Phi) is 5.64. The summed E-state index contributed by atoms with van der Waals surface area (Å²) in [6.45, 7) is 8.28. The fraction of sp³-hybridized carbons (Fsp3) is 0.259. The van der Waals surface area contributed by atoms with Gasteiger partial charge in [0.2, 0.25) is 5.91 Å². The summed E-state index contributed by atoms with van der Waals surface area (Å²) in [5.74, 6) is 0.221. The summed E-state index contributed by atoms with van der Waals surface area (Å²) in [7, 11) is 0. The SMILES string of the molecule is Cc1cccc(C)c1N1CC(=O)N(c2ccccc2)[C@@H](c2ccc(C(C)C)cc2)C1=O. The Bertz CT molecular complexity index is 1080. The molecular weight excluding hydrogens is 384 g/mol. The zero-order chi connectivity index (χ0) is 22.1. The van der Waals surface area contributed by atoms with Gasteiger partial charge < -0.3 is 4.90 Å². The zero-order valence-electron chi connectivity index (χ0n) is 18.5. The van der Waals surface area contributed by atoms with Crippen molar-refractivity contribution in [2.75, 3.05) is 16.3 Å². The first-order valence-corrected chi connectivity index (χ1v) is 10.7. The monoisotopic (exact) mass is 412 g/mol. The third kappa shape index (κ3) is 3.86. The molecule has 4 nitrogen and oxygen atoms in total. The molecule has 0 unspecified atom stereocenters. The van der Waals surface area contributed by atoms with E-state index in [0.29, 0.717) is 5.92 Å². The maximum Gasteiger partial charge on any atom is 0.255 e. The second-order valence-corrected chi connectivity index (χ2v) is 8.49. The molecule has 1 saturated heterocycles. The van der Waals surface area contributed by atoms with Crippen LogP contribution in [0.2, 0.25) is 0 Å². The highest BCUT2D eigenvalue weighted by molar-refractivity contribution is 6.15. The highest BCUT2D eigenvalue weighted by atomic mass is 16.2. The van der Waals surface area contributed by atoms with Crippen LogP contribution < -0.4 is 9.80 Å². The molecular formula is C27H28N2O2. The molecule has 0 aromatic heterocycles. The van der Waals surface area contributed by atoms with Crippen molar-refractivity contribution < 1.29 is 9.59 Å². The molecule has 4 heteroatoms. The number of para-hydroxylation sites is 2. The molecule has 1 aliphatic heterocycles. The van der Waals surface area contributed by atoms with E-state index < -0.39 is 6.04 Å². The summed E-state index contributed by atoms with van der Waals surface area (Å²) < 4.78 is 0. The van der Waals surface area contributed by atoms with Crippen LogP contribution in [0, 0.1) is 13.8 Å². The van der Waals surface area contributed by atoms with Crippen molar-refractivity contribution in [1.29, 1.82) is 0 Å². The van der Waals surface area contributed by atoms with E-state index in [1.54, 1.807) is 9.80 Å². The van der Waals surface area contributed by atoms with Crippen LogP contribution in [-0.2, 0) is 9.59 Å². The fourth-order valence-corrected chi connectivity index (χ4v) is 4.35. The van der Waals surface area contributed by atoms with Gasteiger partial charge in [-0.3, -0.25) is 14.5 Å². The Morgan fingerprint density at radius 1 is 0.806 bits per heavy atom. The van der Waals surface area contributed by atoms with E-state index in [4.69, 9.17) is 0 Å². The van der Waals surface area contributed by atoms with Crippen molar-refractivity contribution in [3.8, 4) is 0 Å². The van der Waals surface area contributed by atoms with Crippen LogP contribution in [0.1, 0.15) is 48.1 Å². The van der Waals surface area contributed by atoms with Crippen molar-refractivity contribution in [3.63, 3.8) is 0 Å². The average molecular weight is 413 g/mol. The van der Waals surface area contributed by atoms with Gasteiger partial charge in [-0.1, -0.05) is 74.5 Å². The second kappa shape index (κ2) is 8.38. The average Bonchev–Trinajstić information content (AvgIpc) is 2.76. The minimum absolute atomic E-state index is 0.0278. The molecule has 0 bridgehead atoms. The maximum atomic E-state index is 13.9. The van der Waals surface area contributed by atoms with E-state index in [2.05, 4.69) is 26.0 Å². The molecule has 3 aromatic carbocycles. The van der Waals surface area contributed by atoms with Gasteiger partial charge >= 0.3 is 0 Å². The molecule has 1 aliphatic rings. The molecule has 0 N–H and O–H groups in total. The van der Waals surface area contributed by atoms with Crippen molar-refractivity contribution in [3.05, 3.63) is 95.1 Å². The first-order chi connectivity index (χ1) is 14.9. The number of hydrogen-bond donors (Lipinski definition) is 0. The summed E-state index contributed by atoms with van der Waals surface area (Å²) in [5, 5.41) is 0. The van der Waals surface area contributed by atoms with E-state index in [0.717, 1.165) is 28.1 Å². The van der Waals surface area contributed by atoms with Crippen LogP contribution in [0.15, 0.2) is 72.8 Å². The summed E-state index contributed by atoms with van der Waals surface area (Å²) >= 11 is 0. The van der Waals surface area contributed by atoms with E-state index in [9.17, 15) is 9.59 Å². The van der Waals surface area contributed by atoms with Crippen molar-refractivity contribution in [1.82, 2.24) is 0 Å². The number of nitrogens with zero attached hydrogens (tertiary/aromatic N) is 2. The molecule has 0 spiro atoms. The van der Waals surface area contributed by atoms with Gasteiger partial charge in [-0.25, -0.2) is 0 Å². The molecule has 0 saturated carbocycles. The normalized spacial score (nSPS) is 16.9. The molecule has 2 amide bonds. The zero-order valence-corrected chi connectivity index (χ0v) is 18.5. The molecule has 3 aromatic rings. The number of anilines is 2. The van der Waals surface area contributed by atoms with Crippen LogP contribution in [0.5, 0.6) is 0 Å². The Balaban J connectivity index is 1.84. The van der Waals surface area contributed by atoms with Crippen molar-refractivity contribution in [2.24, 2.45) is 0 Å². The molecule has 1 atom stereocenters. The Labute approximate surface area is 184 Å². The van der Waals surface area contributed by atoms with Crippen LogP contribution >= 0.6 is 0 Å².